The first-order chi connectivity index (χ1) is 14.8. The number of piperidine rings is 2. The van der Waals surface area contributed by atoms with Gasteiger partial charge in [-0.05, 0) is 37.7 Å². The molecule has 2 aromatic rings. The standard InChI is InChI=1S/C26H33NO3Si/c1-31(2,3)24-14-7-11-20(17-24)25(28)21-15-22-12-8-13-23(16-21)27(22)26(29)30-18-19-9-5-4-6-10-19/h4-7,9-11,14,17,21-23H,8,12-13,15-16,18H2,1-3H3. The molecule has 2 aliphatic rings. The molecule has 2 saturated heterocycles. The lowest BCUT2D eigenvalue weighted by atomic mass is 9.76. The number of fused-ring (bicyclic) bond motifs is 2. The lowest BCUT2D eigenvalue weighted by molar-refractivity contribution is 0.00473. The molecule has 0 saturated carbocycles. The molecule has 31 heavy (non-hydrogen) atoms. The Balaban J connectivity index is 1.44. The lowest BCUT2D eigenvalue weighted by Gasteiger charge is -2.47. The Morgan fingerprint density at radius 3 is 2.29 bits per heavy atom. The number of nitrogens with zero attached hydrogens (tertiary/aromatic N) is 1. The van der Waals surface area contributed by atoms with Crippen LogP contribution < -0.4 is 5.19 Å². The number of ketones is 1. The Hall–Kier alpha value is -2.40. The number of rotatable bonds is 5. The van der Waals surface area contributed by atoms with Crippen molar-refractivity contribution in [3.63, 3.8) is 0 Å². The molecule has 2 unspecified atom stereocenters. The van der Waals surface area contributed by atoms with Gasteiger partial charge >= 0.3 is 6.09 Å². The van der Waals surface area contributed by atoms with Crippen LogP contribution in [0.3, 0.4) is 0 Å². The molecule has 0 N–H and O–H groups in total. The van der Waals surface area contributed by atoms with E-state index < -0.39 is 8.07 Å². The van der Waals surface area contributed by atoms with Gasteiger partial charge in [-0.15, -0.1) is 0 Å². The fraction of sp³-hybridized carbons (Fsp3) is 0.462. The summed E-state index contributed by atoms with van der Waals surface area (Å²) in [6, 6.07) is 18.2. The second-order valence-electron chi connectivity index (χ2n) is 10.0. The molecule has 2 aromatic carbocycles. The molecule has 0 radical (unpaired) electrons. The first-order valence-electron chi connectivity index (χ1n) is 11.5. The summed E-state index contributed by atoms with van der Waals surface area (Å²) in [5.41, 5.74) is 1.83. The average Bonchev–Trinajstić information content (AvgIpc) is 2.76. The van der Waals surface area contributed by atoms with Crippen LogP contribution in [0.25, 0.3) is 0 Å². The van der Waals surface area contributed by atoms with Gasteiger partial charge in [-0.25, -0.2) is 4.79 Å². The van der Waals surface area contributed by atoms with Gasteiger partial charge in [0.05, 0.1) is 8.07 Å². The predicted molar refractivity (Wildman–Crippen MR) is 126 cm³/mol. The molecule has 2 bridgehead atoms. The molecule has 2 heterocycles. The van der Waals surface area contributed by atoms with Crippen LogP contribution in [0.1, 0.15) is 48.0 Å². The summed E-state index contributed by atoms with van der Waals surface area (Å²) in [7, 11) is -1.47. The van der Waals surface area contributed by atoms with Gasteiger partial charge in [-0.2, -0.15) is 0 Å². The van der Waals surface area contributed by atoms with Crippen LogP contribution in [-0.4, -0.2) is 36.9 Å². The normalized spacial score (nSPS) is 23.3. The molecular weight excluding hydrogens is 402 g/mol. The molecule has 1 amide bonds. The minimum absolute atomic E-state index is 0.00893. The van der Waals surface area contributed by atoms with E-state index >= 15 is 0 Å². The first-order valence-corrected chi connectivity index (χ1v) is 15.0. The van der Waals surface area contributed by atoms with Crippen molar-refractivity contribution in [1.29, 1.82) is 0 Å². The van der Waals surface area contributed by atoms with Crippen molar-refractivity contribution in [2.75, 3.05) is 0 Å². The van der Waals surface area contributed by atoms with Gasteiger partial charge in [0.15, 0.2) is 5.78 Å². The summed E-state index contributed by atoms with van der Waals surface area (Å²) in [5.74, 6) is 0.236. The molecule has 2 fully saturated rings. The van der Waals surface area contributed by atoms with Crippen molar-refractivity contribution in [2.24, 2.45) is 5.92 Å². The van der Waals surface area contributed by atoms with Crippen molar-refractivity contribution in [1.82, 2.24) is 4.90 Å². The van der Waals surface area contributed by atoms with E-state index in [0.717, 1.165) is 43.2 Å². The molecule has 164 valence electrons. The number of carbonyl (C=O) groups is 2. The summed E-state index contributed by atoms with van der Waals surface area (Å²) in [6.45, 7) is 7.21. The van der Waals surface area contributed by atoms with Crippen LogP contribution in [0.4, 0.5) is 4.79 Å². The zero-order chi connectivity index (χ0) is 22.0. The summed E-state index contributed by atoms with van der Waals surface area (Å²) in [4.78, 5) is 28.2. The maximum Gasteiger partial charge on any atom is 0.410 e. The Bertz CT molecular complexity index is 923. The van der Waals surface area contributed by atoms with E-state index in [4.69, 9.17) is 4.74 Å². The molecular formula is C26H33NO3Si. The molecule has 0 spiro atoms. The van der Waals surface area contributed by atoms with Crippen LogP contribution in [0.5, 0.6) is 0 Å². The van der Waals surface area contributed by atoms with E-state index in [1.54, 1.807) is 0 Å². The highest BCUT2D eigenvalue weighted by Crippen LogP contribution is 2.38. The van der Waals surface area contributed by atoms with Crippen molar-refractivity contribution in [2.45, 2.75) is 70.4 Å². The topological polar surface area (TPSA) is 46.6 Å². The molecule has 2 atom stereocenters. The van der Waals surface area contributed by atoms with Crippen molar-refractivity contribution >= 4 is 25.1 Å². The van der Waals surface area contributed by atoms with Gasteiger partial charge in [-0.1, -0.05) is 79.4 Å². The minimum Gasteiger partial charge on any atom is -0.445 e. The van der Waals surface area contributed by atoms with Crippen LogP contribution >= 0.6 is 0 Å². The third-order valence-electron chi connectivity index (χ3n) is 6.77. The Labute approximate surface area is 186 Å². The molecule has 0 aromatic heterocycles. The summed E-state index contributed by atoms with van der Waals surface area (Å²) < 4.78 is 5.64. The highest BCUT2D eigenvalue weighted by atomic mass is 28.3. The molecule has 4 rings (SSSR count). The van der Waals surface area contributed by atoms with Crippen LogP contribution in [0.2, 0.25) is 19.6 Å². The molecule has 0 aliphatic carbocycles. The van der Waals surface area contributed by atoms with Crippen molar-refractivity contribution in [3.8, 4) is 0 Å². The number of benzene rings is 2. The summed E-state index contributed by atoms with van der Waals surface area (Å²) in [5, 5.41) is 1.32. The highest BCUT2D eigenvalue weighted by molar-refractivity contribution is 6.88. The number of hydrogen-bond donors (Lipinski definition) is 0. The summed E-state index contributed by atoms with van der Waals surface area (Å²) >= 11 is 0. The maximum atomic E-state index is 13.4. The fourth-order valence-corrected chi connectivity index (χ4v) is 6.25. The van der Waals surface area contributed by atoms with Gasteiger partial charge in [0.2, 0.25) is 0 Å². The number of hydrogen-bond acceptors (Lipinski definition) is 3. The number of Topliss-reactive ketones (excluding diaryl/α,β-unsaturated/α-hetero) is 1. The average molecular weight is 436 g/mol. The fourth-order valence-electron chi connectivity index (χ4n) is 5.06. The van der Waals surface area contributed by atoms with E-state index in [1.807, 2.05) is 47.4 Å². The molecule has 4 nitrogen and oxygen atoms in total. The number of ether oxygens (including phenoxy) is 1. The predicted octanol–water partition coefficient (Wildman–Crippen LogP) is 5.38. The zero-order valence-electron chi connectivity index (χ0n) is 18.8. The Morgan fingerprint density at radius 1 is 0.968 bits per heavy atom. The van der Waals surface area contributed by atoms with Crippen LogP contribution in [-0.2, 0) is 11.3 Å². The van der Waals surface area contributed by atoms with Gasteiger partial charge in [0, 0.05) is 23.6 Å². The summed E-state index contributed by atoms with van der Waals surface area (Å²) in [6.07, 6.45) is 4.28. The van der Waals surface area contributed by atoms with Crippen LogP contribution in [0, 0.1) is 5.92 Å². The van der Waals surface area contributed by atoms with Gasteiger partial charge < -0.3 is 9.64 Å². The largest absolute Gasteiger partial charge is 0.445 e. The second-order valence-corrected chi connectivity index (χ2v) is 15.1. The van der Waals surface area contributed by atoms with E-state index in [1.165, 1.54) is 5.19 Å². The smallest absolute Gasteiger partial charge is 0.410 e. The van der Waals surface area contributed by atoms with Gasteiger partial charge in [0.1, 0.15) is 6.61 Å². The van der Waals surface area contributed by atoms with Gasteiger partial charge in [-0.3, -0.25) is 4.79 Å². The zero-order valence-corrected chi connectivity index (χ0v) is 19.8. The van der Waals surface area contributed by atoms with E-state index in [9.17, 15) is 9.59 Å². The van der Waals surface area contributed by atoms with E-state index in [-0.39, 0.29) is 29.9 Å². The third-order valence-corrected chi connectivity index (χ3v) is 8.82. The van der Waals surface area contributed by atoms with E-state index in [0.29, 0.717) is 6.61 Å². The monoisotopic (exact) mass is 435 g/mol. The van der Waals surface area contributed by atoms with Gasteiger partial charge in [0.25, 0.3) is 0 Å². The third kappa shape index (κ3) is 4.92. The molecule has 2 aliphatic heterocycles. The number of carbonyl (C=O) groups excluding carboxylic acids is 2. The molecule has 5 heteroatoms. The number of amides is 1. The lowest BCUT2D eigenvalue weighted by Crippen LogP contribution is -2.55. The van der Waals surface area contributed by atoms with Crippen molar-refractivity contribution < 1.29 is 14.3 Å². The van der Waals surface area contributed by atoms with Crippen LogP contribution in [0.15, 0.2) is 54.6 Å². The first kappa shape index (κ1) is 21.8. The second kappa shape index (κ2) is 8.99. The highest BCUT2D eigenvalue weighted by Gasteiger charge is 2.43. The van der Waals surface area contributed by atoms with Crippen molar-refractivity contribution in [3.05, 3.63) is 65.7 Å². The SMILES string of the molecule is C[Si](C)(C)c1cccc(C(=O)C2CC3CCCC(C2)N3C(=O)OCc2ccccc2)c1. The Kier molecular flexibility index (Phi) is 6.33. The quantitative estimate of drug-likeness (QED) is 0.468. The minimum atomic E-state index is -1.47. The maximum absolute atomic E-state index is 13.4. The Morgan fingerprint density at radius 2 is 1.65 bits per heavy atom. The van der Waals surface area contributed by atoms with E-state index in [2.05, 4.69) is 31.8 Å².